The number of carbonyl (C=O) groups is 1. The van der Waals surface area contributed by atoms with Gasteiger partial charge in [0.15, 0.2) is 5.17 Å². The third kappa shape index (κ3) is 4.75. The first-order valence-corrected chi connectivity index (χ1v) is 8.57. The van der Waals surface area contributed by atoms with Crippen LogP contribution >= 0.6 is 35.8 Å². The van der Waals surface area contributed by atoms with E-state index in [2.05, 4.69) is 15.2 Å². The summed E-state index contributed by atoms with van der Waals surface area (Å²) >= 11 is 7.62. The van der Waals surface area contributed by atoms with Gasteiger partial charge in [0.05, 0.1) is 16.8 Å². The average Bonchev–Trinajstić information content (AvgIpc) is 3.22. The molecule has 1 amide bonds. The zero-order chi connectivity index (χ0) is 15.7. The van der Waals surface area contributed by atoms with Crippen molar-refractivity contribution in [3.05, 3.63) is 29.0 Å². The molecule has 1 aromatic rings. The number of hydrogen-bond acceptors (Lipinski definition) is 3. The van der Waals surface area contributed by atoms with Crippen LogP contribution in [0.1, 0.15) is 19.3 Å². The van der Waals surface area contributed by atoms with Gasteiger partial charge in [-0.2, -0.15) is 0 Å². The van der Waals surface area contributed by atoms with Crippen molar-refractivity contribution in [3.63, 3.8) is 0 Å². The Labute approximate surface area is 150 Å². The topological polar surface area (TPSA) is 44.7 Å². The third-order valence-electron chi connectivity index (χ3n) is 3.72. The van der Waals surface area contributed by atoms with Crippen molar-refractivity contribution in [3.8, 4) is 0 Å². The average molecular weight is 378 g/mol. The van der Waals surface area contributed by atoms with E-state index >= 15 is 0 Å². The highest BCUT2D eigenvalue weighted by Crippen LogP contribution is 2.31. The highest BCUT2D eigenvalue weighted by atomic mass is 35.5. The molecule has 2 aliphatic rings. The van der Waals surface area contributed by atoms with Gasteiger partial charge in [0.1, 0.15) is 5.82 Å². The lowest BCUT2D eigenvalue weighted by molar-refractivity contribution is -0.116. The van der Waals surface area contributed by atoms with E-state index in [1.54, 1.807) is 11.8 Å². The number of amidine groups is 1. The van der Waals surface area contributed by atoms with Crippen LogP contribution < -0.4 is 5.32 Å². The molecule has 4 nitrogen and oxygen atoms in total. The first kappa shape index (κ1) is 18.4. The molecule has 1 saturated heterocycles. The SMILES string of the molecule is CN1/C(=N/C2CC2)SCC1CC(=O)Nc1ccc(F)cc1Cl.Cl. The molecule has 1 saturated carbocycles. The number of halogens is 3. The predicted octanol–water partition coefficient (Wildman–Crippen LogP) is 3.80. The van der Waals surface area contributed by atoms with Gasteiger partial charge in [0.25, 0.3) is 0 Å². The van der Waals surface area contributed by atoms with Crippen LogP contribution in [0.2, 0.25) is 5.02 Å². The van der Waals surface area contributed by atoms with Crippen molar-refractivity contribution in [2.75, 3.05) is 18.1 Å². The van der Waals surface area contributed by atoms with Crippen molar-refractivity contribution < 1.29 is 9.18 Å². The van der Waals surface area contributed by atoms with Crippen LogP contribution in [0.25, 0.3) is 0 Å². The van der Waals surface area contributed by atoms with E-state index in [9.17, 15) is 9.18 Å². The van der Waals surface area contributed by atoms with Crippen LogP contribution in [0, 0.1) is 5.82 Å². The Morgan fingerprint density at radius 2 is 2.26 bits per heavy atom. The summed E-state index contributed by atoms with van der Waals surface area (Å²) in [5, 5.41) is 3.97. The molecule has 1 aliphatic carbocycles. The molecule has 1 aliphatic heterocycles. The largest absolute Gasteiger partial charge is 0.350 e. The fourth-order valence-electron chi connectivity index (χ4n) is 2.23. The summed E-state index contributed by atoms with van der Waals surface area (Å²) in [5.74, 6) is 0.307. The Hall–Kier alpha value is -0.980. The van der Waals surface area contributed by atoms with Crippen LogP contribution in [0.3, 0.4) is 0 Å². The molecular weight excluding hydrogens is 360 g/mol. The minimum Gasteiger partial charge on any atom is -0.350 e. The number of carbonyl (C=O) groups excluding carboxylic acids is 1. The predicted molar refractivity (Wildman–Crippen MR) is 96.4 cm³/mol. The lowest BCUT2D eigenvalue weighted by atomic mass is 10.2. The lowest BCUT2D eigenvalue weighted by Gasteiger charge is -2.20. The minimum absolute atomic E-state index is 0. The molecule has 2 fully saturated rings. The van der Waals surface area contributed by atoms with E-state index in [0.29, 0.717) is 18.2 Å². The van der Waals surface area contributed by atoms with Crippen molar-refractivity contribution in [2.45, 2.75) is 31.3 Å². The van der Waals surface area contributed by atoms with Gasteiger partial charge in [0.2, 0.25) is 5.91 Å². The second kappa shape index (κ2) is 7.73. The Balaban J connectivity index is 0.00000192. The molecule has 0 aromatic heterocycles. The molecule has 1 atom stereocenters. The quantitative estimate of drug-likeness (QED) is 0.867. The summed E-state index contributed by atoms with van der Waals surface area (Å²) in [6, 6.07) is 4.55. The smallest absolute Gasteiger partial charge is 0.226 e. The van der Waals surface area contributed by atoms with Gasteiger partial charge in [-0.05, 0) is 31.0 Å². The molecule has 126 valence electrons. The summed E-state index contributed by atoms with van der Waals surface area (Å²) in [6.07, 6.45) is 2.71. The summed E-state index contributed by atoms with van der Waals surface area (Å²) in [7, 11) is 1.98. The maximum atomic E-state index is 13.0. The fraction of sp³-hybridized carbons (Fsp3) is 0.467. The van der Waals surface area contributed by atoms with Crippen molar-refractivity contribution in [2.24, 2.45) is 4.99 Å². The molecular formula is C15H18Cl2FN3OS. The maximum absolute atomic E-state index is 13.0. The summed E-state index contributed by atoms with van der Waals surface area (Å²) in [6.45, 7) is 0. The number of nitrogens with zero attached hydrogens (tertiary/aromatic N) is 2. The Morgan fingerprint density at radius 3 is 2.91 bits per heavy atom. The lowest BCUT2D eigenvalue weighted by Crippen LogP contribution is -2.33. The molecule has 1 unspecified atom stereocenters. The van der Waals surface area contributed by atoms with E-state index in [0.717, 1.165) is 10.9 Å². The molecule has 1 heterocycles. The number of thioether (sulfide) groups is 1. The first-order chi connectivity index (χ1) is 10.5. The summed E-state index contributed by atoms with van der Waals surface area (Å²) < 4.78 is 13.0. The van der Waals surface area contributed by atoms with Gasteiger partial charge in [-0.3, -0.25) is 9.79 Å². The molecule has 0 radical (unpaired) electrons. The number of hydrogen-bond donors (Lipinski definition) is 1. The van der Waals surface area contributed by atoms with E-state index in [-0.39, 0.29) is 29.4 Å². The normalized spacial score (nSPS) is 22.1. The number of amides is 1. The van der Waals surface area contributed by atoms with Crippen molar-refractivity contribution >= 4 is 52.5 Å². The van der Waals surface area contributed by atoms with Crippen LogP contribution in [0.4, 0.5) is 10.1 Å². The molecule has 23 heavy (non-hydrogen) atoms. The van der Waals surface area contributed by atoms with Gasteiger partial charge < -0.3 is 10.2 Å². The Morgan fingerprint density at radius 1 is 1.52 bits per heavy atom. The van der Waals surface area contributed by atoms with E-state index in [1.165, 1.54) is 31.0 Å². The van der Waals surface area contributed by atoms with Crippen molar-refractivity contribution in [1.82, 2.24) is 4.90 Å². The molecule has 1 N–H and O–H groups in total. The molecule has 3 rings (SSSR count). The van der Waals surface area contributed by atoms with Crippen LogP contribution in [-0.4, -0.2) is 40.9 Å². The zero-order valence-corrected chi connectivity index (χ0v) is 15.0. The van der Waals surface area contributed by atoms with E-state index in [1.807, 2.05) is 7.05 Å². The number of anilines is 1. The van der Waals surface area contributed by atoms with E-state index in [4.69, 9.17) is 11.6 Å². The molecule has 0 bridgehead atoms. The van der Waals surface area contributed by atoms with Crippen LogP contribution in [0.5, 0.6) is 0 Å². The van der Waals surface area contributed by atoms with Gasteiger partial charge in [-0.1, -0.05) is 23.4 Å². The number of aliphatic imine (C=N–C) groups is 1. The van der Waals surface area contributed by atoms with Gasteiger partial charge >= 0.3 is 0 Å². The molecule has 1 aromatic carbocycles. The van der Waals surface area contributed by atoms with Crippen LogP contribution in [-0.2, 0) is 4.79 Å². The van der Waals surface area contributed by atoms with Crippen molar-refractivity contribution in [1.29, 1.82) is 0 Å². The highest BCUT2D eigenvalue weighted by molar-refractivity contribution is 8.14. The number of benzene rings is 1. The van der Waals surface area contributed by atoms with Gasteiger partial charge in [-0.25, -0.2) is 4.39 Å². The van der Waals surface area contributed by atoms with Gasteiger partial charge in [-0.15, -0.1) is 12.4 Å². The van der Waals surface area contributed by atoms with Crippen LogP contribution in [0.15, 0.2) is 23.2 Å². The summed E-state index contributed by atoms with van der Waals surface area (Å²) in [5.41, 5.74) is 0.438. The monoisotopic (exact) mass is 377 g/mol. The van der Waals surface area contributed by atoms with Gasteiger partial charge in [0, 0.05) is 25.3 Å². The number of rotatable bonds is 4. The summed E-state index contributed by atoms with van der Waals surface area (Å²) in [4.78, 5) is 18.9. The first-order valence-electron chi connectivity index (χ1n) is 7.21. The van der Waals surface area contributed by atoms with E-state index < -0.39 is 5.82 Å². The second-order valence-corrected chi connectivity index (χ2v) is 6.99. The maximum Gasteiger partial charge on any atom is 0.226 e. The third-order valence-corrected chi connectivity index (χ3v) is 5.24. The highest BCUT2D eigenvalue weighted by Gasteiger charge is 2.31. The fourth-order valence-corrected chi connectivity index (χ4v) is 3.70. The zero-order valence-electron chi connectivity index (χ0n) is 12.6. The Bertz CT molecular complexity index is 625. The molecule has 0 spiro atoms. The number of nitrogens with one attached hydrogen (secondary N) is 1. The standard InChI is InChI=1S/C15H17ClFN3OS.ClH/c1-20-11(8-22-15(20)18-10-3-4-10)7-14(21)19-13-5-2-9(17)6-12(13)16;/h2,5-6,10-11H,3-4,7-8H2,1H3,(H,19,21);1H/b18-15-;. The Kier molecular flexibility index (Phi) is 6.17. The molecule has 8 heteroatoms. The minimum atomic E-state index is -0.421. The second-order valence-electron chi connectivity index (χ2n) is 5.60.